The van der Waals surface area contributed by atoms with Crippen molar-refractivity contribution in [1.82, 2.24) is 29.7 Å². The predicted octanol–water partition coefficient (Wildman–Crippen LogP) is 5.19. The van der Waals surface area contributed by atoms with Crippen LogP contribution in [0.15, 0.2) is 12.4 Å². The zero-order valence-electron chi connectivity index (χ0n) is 19.8. The summed E-state index contributed by atoms with van der Waals surface area (Å²) in [7, 11) is 0. The molecule has 1 saturated heterocycles. The Hall–Kier alpha value is -2.62. The first-order chi connectivity index (χ1) is 16.7. The maximum absolute atomic E-state index is 13.6. The zero-order valence-corrected chi connectivity index (χ0v) is 19.8. The molecule has 2 bridgehead atoms. The summed E-state index contributed by atoms with van der Waals surface area (Å²) in [6.45, 7) is 4.32. The van der Waals surface area contributed by atoms with Crippen molar-refractivity contribution in [2.24, 2.45) is 5.41 Å². The number of rotatable bonds is 4. The number of aryl methyl sites for hydroxylation is 2. The lowest BCUT2D eigenvalue weighted by Gasteiger charge is -2.70. The van der Waals surface area contributed by atoms with E-state index in [2.05, 4.69) is 16.3 Å². The van der Waals surface area contributed by atoms with Gasteiger partial charge in [-0.1, -0.05) is 0 Å². The highest BCUT2D eigenvalue weighted by atomic mass is 19.4. The van der Waals surface area contributed by atoms with Crippen LogP contribution in [0.4, 0.5) is 13.2 Å². The van der Waals surface area contributed by atoms with Crippen LogP contribution in [0.3, 0.4) is 0 Å². The lowest BCUT2D eigenvalue weighted by molar-refractivity contribution is -0.337. The summed E-state index contributed by atoms with van der Waals surface area (Å²) in [4.78, 5) is 19.1. The standard InChI is InChI=1S/C25H27F3N6O/c1-13-14(2)31-22-19(30-13)20(23-10-24(11-23,12-23)25(26,27)28)32-21(33-22)15-5-6-35-18(7-15)16-8-29-34(9-16)17-3-4-17/h8-9,15,17-18H,3-7,10-12H2,1-2H3. The summed E-state index contributed by atoms with van der Waals surface area (Å²) in [6.07, 6.45) is 3.74. The molecule has 8 rings (SSSR count). The van der Waals surface area contributed by atoms with Crippen molar-refractivity contribution in [1.29, 1.82) is 0 Å². The Morgan fingerprint density at radius 2 is 1.74 bits per heavy atom. The van der Waals surface area contributed by atoms with Crippen LogP contribution in [0, 0.1) is 19.3 Å². The van der Waals surface area contributed by atoms with Crippen molar-refractivity contribution < 1.29 is 17.9 Å². The molecule has 0 amide bonds. The van der Waals surface area contributed by atoms with E-state index in [1.54, 1.807) is 0 Å². The van der Waals surface area contributed by atoms with Crippen molar-refractivity contribution in [3.63, 3.8) is 0 Å². The third kappa shape index (κ3) is 3.17. The number of fused-ring (bicyclic) bond motifs is 1. The number of nitrogens with zero attached hydrogens (tertiary/aromatic N) is 6. The summed E-state index contributed by atoms with van der Waals surface area (Å²) in [5.74, 6) is 0.687. The van der Waals surface area contributed by atoms with Crippen LogP contribution in [0.5, 0.6) is 0 Å². The van der Waals surface area contributed by atoms with Gasteiger partial charge in [0.05, 0.1) is 40.8 Å². The molecule has 35 heavy (non-hydrogen) atoms. The van der Waals surface area contributed by atoms with E-state index < -0.39 is 17.0 Å². The second-order valence-electron chi connectivity index (χ2n) is 11.2. The highest BCUT2D eigenvalue weighted by molar-refractivity contribution is 5.75. The summed E-state index contributed by atoms with van der Waals surface area (Å²) in [5, 5.41) is 4.50. The number of alkyl halides is 3. The van der Waals surface area contributed by atoms with E-state index in [9.17, 15) is 13.2 Å². The third-order valence-corrected chi connectivity index (χ3v) is 8.66. The van der Waals surface area contributed by atoms with Crippen LogP contribution in [-0.4, -0.2) is 42.5 Å². The van der Waals surface area contributed by atoms with Crippen molar-refractivity contribution in [3.8, 4) is 0 Å². The number of hydrogen-bond acceptors (Lipinski definition) is 6. The van der Waals surface area contributed by atoms with Crippen molar-refractivity contribution in [2.45, 2.75) is 88.4 Å². The summed E-state index contributed by atoms with van der Waals surface area (Å²) >= 11 is 0. The first-order valence-corrected chi connectivity index (χ1v) is 12.4. The Labute approximate surface area is 200 Å². The fraction of sp³-hybridized carbons (Fsp3) is 0.640. The van der Waals surface area contributed by atoms with Crippen molar-refractivity contribution in [2.75, 3.05) is 6.61 Å². The second-order valence-corrected chi connectivity index (χ2v) is 11.2. The third-order valence-electron chi connectivity index (χ3n) is 8.66. The van der Waals surface area contributed by atoms with E-state index in [0.717, 1.165) is 23.4 Å². The van der Waals surface area contributed by atoms with Crippen molar-refractivity contribution in [3.05, 3.63) is 40.9 Å². The molecule has 10 heteroatoms. The molecule has 4 aliphatic carbocycles. The minimum atomic E-state index is -4.17. The SMILES string of the molecule is Cc1nc2nc(C3CCOC(c4cnn(C5CC5)c4)C3)nc(C34CC(C(F)(F)F)(C3)C4)c2nc1C. The molecule has 5 fully saturated rings. The van der Waals surface area contributed by atoms with Gasteiger partial charge in [0.1, 0.15) is 11.3 Å². The maximum atomic E-state index is 13.6. The van der Waals surface area contributed by atoms with Crippen LogP contribution in [-0.2, 0) is 10.2 Å². The van der Waals surface area contributed by atoms with Gasteiger partial charge in [-0.3, -0.25) is 4.68 Å². The van der Waals surface area contributed by atoms with Gasteiger partial charge in [0, 0.05) is 29.7 Å². The topological polar surface area (TPSA) is 78.6 Å². The number of ether oxygens (including phenoxy) is 1. The van der Waals surface area contributed by atoms with Crippen LogP contribution in [0.25, 0.3) is 11.2 Å². The number of aromatic nitrogens is 6. The van der Waals surface area contributed by atoms with Crippen LogP contribution >= 0.6 is 0 Å². The van der Waals surface area contributed by atoms with Gasteiger partial charge in [-0.2, -0.15) is 18.3 Å². The van der Waals surface area contributed by atoms with Gasteiger partial charge in [0.25, 0.3) is 0 Å². The minimum Gasteiger partial charge on any atom is -0.373 e. The summed E-state index contributed by atoms with van der Waals surface area (Å²) in [6, 6.07) is 0.507. The zero-order chi connectivity index (χ0) is 24.2. The lowest BCUT2D eigenvalue weighted by atomic mass is 9.34. The Morgan fingerprint density at radius 1 is 1.00 bits per heavy atom. The van der Waals surface area contributed by atoms with Gasteiger partial charge >= 0.3 is 6.18 Å². The Balaban J connectivity index is 1.24. The van der Waals surface area contributed by atoms with Crippen LogP contribution < -0.4 is 0 Å². The average Bonchev–Trinajstić information content (AvgIpc) is 3.48. The van der Waals surface area contributed by atoms with E-state index in [1.165, 1.54) is 12.8 Å². The molecule has 3 aromatic rings. The van der Waals surface area contributed by atoms with Crippen LogP contribution in [0.1, 0.15) is 91.5 Å². The molecular weight excluding hydrogens is 457 g/mol. The Kier molecular flexibility index (Phi) is 4.32. The van der Waals surface area contributed by atoms with Gasteiger partial charge in [0.2, 0.25) is 0 Å². The largest absolute Gasteiger partial charge is 0.394 e. The van der Waals surface area contributed by atoms with Gasteiger partial charge in [-0.15, -0.1) is 0 Å². The molecule has 0 aromatic carbocycles. The molecule has 4 saturated carbocycles. The predicted molar refractivity (Wildman–Crippen MR) is 120 cm³/mol. The first-order valence-electron chi connectivity index (χ1n) is 12.4. The van der Waals surface area contributed by atoms with E-state index in [-0.39, 0.29) is 31.3 Å². The Morgan fingerprint density at radius 3 is 2.46 bits per heavy atom. The molecule has 0 spiro atoms. The Bertz CT molecular complexity index is 1330. The average molecular weight is 485 g/mol. The summed E-state index contributed by atoms with van der Waals surface area (Å²) < 4.78 is 48.9. The molecular formula is C25H27F3N6O. The lowest BCUT2D eigenvalue weighted by Crippen LogP contribution is -2.70. The fourth-order valence-electron chi connectivity index (χ4n) is 6.34. The second kappa shape index (κ2) is 6.99. The minimum absolute atomic E-state index is 0.0357. The van der Waals surface area contributed by atoms with Gasteiger partial charge in [-0.25, -0.2) is 19.9 Å². The smallest absolute Gasteiger partial charge is 0.373 e. The first kappa shape index (κ1) is 21.6. The van der Waals surface area contributed by atoms with E-state index in [1.807, 2.05) is 24.7 Å². The number of halogens is 3. The summed E-state index contributed by atoms with van der Waals surface area (Å²) in [5.41, 5.74) is 2.16. The van der Waals surface area contributed by atoms with E-state index in [4.69, 9.17) is 19.7 Å². The molecule has 0 N–H and O–H groups in total. The van der Waals surface area contributed by atoms with Crippen LogP contribution in [0.2, 0.25) is 0 Å². The number of hydrogen-bond donors (Lipinski definition) is 0. The van der Waals surface area contributed by atoms with Crippen molar-refractivity contribution >= 4 is 11.2 Å². The van der Waals surface area contributed by atoms with Gasteiger partial charge in [0.15, 0.2) is 5.65 Å². The molecule has 1 aliphatic heterocycles. The molecule has 2 unspecified atom stereocenters. The molecule has 3 aromatic heterocycles. The highest BCUT2D eigenvalue weighted by Gasteiger charge is 2.79. The molecule has 2 atom stereocenters. The van der Waals surface area contributed by atoms with Gasteiger partial charge < -0.3 is 4.74 Å². The molecule has 7 nitrogen and oxygen atoms in total. The molecule has 4 heterocycles. The molecule has 5 aliphatic rings. The normalized spacial score (nSPS) is 32.4. The van der Waals surface area contributed by atoms with E-state index in [0.29, 0.717) is 41.8 Å². The van der Waals surface area contributed by atoms with E-state index >= 15 is 0 Å². The highest BCUT2D eigenvalue weighted by Crippen LogP contribution is 2.78. The van der Waals surface area contributed by atoms with Gasteiger partial charge in [-0.05, 0) is 58.8 Å². The maximum Gasteiger partial charge on any atom is 0.394 e. The molecule has 184 valence electrons. The monoisotopic (exact) mass is 484 g/mol. The molecule has 0 radical (unpaired) electrons. The quantitative estimate of drug-likeness (QED) is 0.507. The fourth-order valence-corrected chi connectivity index (χ4v) is 6.34.